The molecule has 29 heavy (non-hydrogen) atoms. The van der Waals surface area contributed by atoms with E-state index >= 15 is 4.39 Å². The van der Waals surface area contributed by atoms with Crippen molar-refractivity contribution in [3.05, 3.63) is 63.4 Å². The van der Waals surface area contributed by atoms with Gasteiger partial charge in [-0.25, -0.2) is 4.39 Å². The highest BCUT2D eigenvalue weighted by Gasteiger charge is 2.69. The molecule has 2 amide bonds. The van der Waals surface area contributed by atoms with Crippen molar-refractivity contribution < 1.29 is 18.8 Å². The molecule has 2 aromatic rings. The van der Waals surface area contributed by atoms with Crippen LogP contribution in [0.25, 0.3) is 0 Å². The number of carbonyl (C=O) groups excluding carboxylic acids is 3. The number of nitrogens with zero attached hydrogens (tertiary/aromatic N) is 1. The zero-order valence-corrected chi connectivity index (χ0v) is 16.5. The SMILES string of the molecule is O=CN1[C@H]2CCC(=O)[C@H]2[C@H](c2cccc(Cl)c2F)[C@]12C(=O)Nc1cc(Cl)ccc12. The number of fused-ring (bicyclic) bond motifs is 3. The van der Waals surface area contributed by atoms with Crippen LogP contribution in [0.2, 0.25) is 10.0 Å². The number of carbonyl (C=O) groups is 3. The molecule has 2 aliphatic heterocycles. The largest absolute Gasteiger partial charge is 0.323 e. The standard InChI is InChI=1S/C21H15Cl2FN2O3/c22-10-4-5-12-14(8-10)25-20(29)21(12)18(11-2-1-3-13(23)19(11)24)17-15(26(21)9-27)6-7-16(17)28/h1-5,8-9,15,17-18H,6-7H2,(H,25,29)/t15-,17-,18-,21+/m0/s1. The fourth-order valence-electron chi connectivity index (χ4n) is 5.45. The maximum atomic E-state index is 15.2. The quantitative estimate of drug-likeness (QED) is 0.732. The fraction of sp³-hybridized carbons (Fsp3) is 0.286. The molecule has 8 heteroatoms. The van der Waals surface area contributed by atoms with Crippen molar-refractivity contribution in [1.82, 2.24) is 4.90 Å². The summed E-state index contributed by atoms with van der Waals surface area (Å²) in [5.41, 5.74) is -0.427. The zero-order valence-electron chi connectivity index (χ0n) is 15.0. The average Bonchev–Trinajstić information content (AvgIpc) is 3.29. The molecule has 5 rings (SSSR count). The van der Waals surface area contributed by atoms with Crippen LogP contribution < -0.4 is 5.32 Å². The van der Waals surface area contributed by atoms with Crippen LogP contribution in [0.15, 0.2) is 36.4 Å². The van der Waals surface area contributed by atoms with Gasteiger partial charge in [0, 0.05) is 40.6 Å². The molecule has 2 fully saturated rings. The van der Waals surface area contributed by atoms with Crippen LogP contribution in [0.3, 0.4) is 0 Å². The van der Waals surface area contributed by atoms with Crippen molar-refractivity contribution in [1.29, 1.82) is 0 Å². The summed E-state index contributed by atoms with van der Waals surface area (Å²) in [5, 5.41) is 3.10. The van der Waals surface area contributed by atoms with Crippen LogP contribution in [-0.2, 0) is 19.9 Å². The second kappa shape index (κ2) is 6.28. The van der Waals surface area contributed by atoms with Crippen LogP contribution in [0, 0.1) is 11.7 Å². The van der Waals surface area contributed by atoms with Crippen LogP contribution >= 0.6 is 23.2 Å². The summed E-state index contributed by atoms with van der Waals surface area (Å²) in [5.74, 6) is -2.83. The number of rotatable bonds is 2. The molecule has 148 valence electrons. The van der Waals surface area contributed by atoms with Crippen molar-refractivity contribution in [2.24, 2.45) is 5.92 Å². The third-order valence-electron chi connectivity index (χ3n) is 6.46. The van der Waals surface area contributed by atoms with E-state index in [9.17, 15) is 14.4 Å². The van der Waals surface area contributed by atoms with Crippen molar-refractivity contribution in [2.45, 2.75) is 30.3 Å². The Labute approximate surface area is 175 Å². The number of amides is 2. The van der Waals surface area contributed by atoms with Gasteiger partial charge in [-0.05, 0) is 30.2 Å². The van der Waals surface area contributed by atoms with Crippen LogP contribution in [0.5, 0.6) is 0 Å². The molecule has 1 saturated carbocycles. The molecule has 0 radical (unpaired) electrons. The lowest BCUT2D eigenvalue weighted by Crippen LogP contribution is -2.51. The molecule has 5 nitrogen and oxygen atoms in total. The minimum Gasteiger partial charge on any atom is -0.323 e. The highest BCUT2D eigenvalue weighted by atomic mass is 35.5. The first-order chi connectivity index (χ1) is 13.9. The average molecular weight is 433 g/mol. The Bertz CT molecular complexity index is 1090. The predicted octanol–water partition coefficient (Wildman–Crippen LogP) is 3.88. The Morgan fingerprint density at radius 1 is 1.21 bits per heavy atom. The number of hydrogen-bond acceptors (Lipinski definition) is 3. The van der Waals surface area contributed by atoms with Gasteiger partial charge in [-0.2, -0.15) is 0 Å². The van der Waals surface area contributed by atoms with E-state index in [1.165, 1.54) is 17.0 Å². The normalized spacial score (nSPS) is 29.9. The van der Waals surface area contributed by atoms with Gasteiger partial charge >= 0.3 is 0 Å². The Hall–Kier alpha value is -2.44. The number of nitrogens with one attached hydrogen (secondary N) is 1. The van der Waals surface area contributed by atoms with Gasteiger partial charge in [0.05, 0.1) is 5.02 Å². The Morgan fingerprint density at radius 2 is 2.00 bits per heavy atom. The topological polar surface area (TPSA) is 66.5 Å². The van der Waals surface area contributed by atoms with Gasteiger partial charge in [0.15, 0.2) is 5.54 Å². The van der Waals surface area contributed by atoms with Crippen LogP contribution in [0.1, 0.15) is 29.9 Å². The maximum absolute atomic E-state index is 15.2. The molecule has 0 aromatic heterocycles. The summed E-state index contributed by atoms with van der Waals surface area (Å²) in [6, 6.07) is 8.91. The molecular formula is C21H15Cl2FN2O3. The Morgan fingerprint density at radius 3 is 2.76 bits per heavy atom. The van der Waals surface area contributed by atoms with Gasteiger partial charge in [0.1, 0.15) is 11.6 Å². The first kappa shape index (κ1) is 18.6. The molecule has 0 bridgehead atoms. The summed E-state index contributed by atoms with van der Waals surface area (Å²) < 4.78 is 15.2. The number of anilines is 1. The molecular weight excluding hydrogens is 418 g/mol. The lowest BCUT2D eigenvalue weighted by Gasteiger charge is -2.37. The molecule has 1 saturated heterocycles. The molecule has 1 N–H and O–H groups in total. The molecule has 3 aliphatic rings. The third-order valence-corrected chi connectivity index (χ3v) is 6.99. The molecule has 1 aliphatic carbocycles. The van der Waals surface area contributed by atoms with E-state index in [1.807, 2.05) is 0 Å². The molecule has 2 heterocycles. The number of halogens is 3. The van der Waals surface area contributed by atoms with E-state index in [0.717, 1.165) is 0 Å². The second-order valence-corrected chi connectivity index (χ2v) is 8.49. The minimum absolute atomic E-state index is 0.0849. The van der Waals surface area contributed by atoms with Crippen molar-refractivity contribution in [3.63, 3.8) is 0 Å². The van der Waals surface area contributed by atoms with E-state index < -0.39 is 35.1 Å². The van der Waals surface area contributed by atoms with E-state index in [2.05, 4.69) is 5.32 Å². The van der Waals surface area contributed by atoms with E-state index in [0.29, 0.717) is 29.1 Å². The van der Waals surface area contributed by atoms with E-state index in [1.54, 1.807) is 24.3 Å². The summed E-state index contributed by atoms with van der Waals surface area (Å²) in [6.45, 7) is 0. The molecule has 0 unspecified atom stereocenters. The third kappa shape index (κ3) is 2.24. The van der Waals surface area contributed by atoms with E-state index in [4.69, 9.17) is 23.2 Å². The van der Waals surface area contributed by atoms with Gasteiger partial charge in [-0.1, -0.05) is 41.4 Å². The number of Topliss-reactive ketones (excluding diaryl/α,β-unsaturated/α-hetero) is 1. The number of ketones is 1. The second-order valence-electron chi connectivity index (χ2n) is 7.64. The van der Waals surface area contributed by atoms with Crippen LogP contribution in [0.4, 0.5) is 10.1 Å². The van der Waals surface area contributed by atoms with Gasteiger partial charge < -0.3 is 10.2 Å². The first-order valence-electron chi connectivity index (χ1n) is 9.23. The summed E-state index contributed by atoms with van der Waals surface area (Å²) in [7, 11) is 0. The summed E-state index contributed by atoms with van der Waals surface area (Å²) in [4.78, 5) is 40.0. The lowest BCUT2D eigenvalue weighted by atomic mass is 9.71. The number of likely N-dealkylation sites (tertiary alicyclic amines) is 1. The van der Waals surface area contributed by atoms with Gasteiger partial charge in [-0.15, -0.1) is 0 Å². The summed E-state index contributed by atoms with van der Waals surface area (Å²) in [6.07, 6.45) is 1.31. The zero-order chi connectivity index (χ0) is 20.5. The number of benzene rings is 2. The van der Waals surface area contributed by atoms with Crippen molar-refractivity contribution in [3.8, 4) is 0 Å². The summed E-state index contributed by atoms with van der Waals surface area (Å²) >= 11 is 12.1. The van der Waals surface area contributed by atoms with Gasteiger partial charge in [-0.3, -0.25) is 14.4 Å². The van der Waals surface area contributed by atoms with Crippen LogP contribution in [-0.4, -0.2) is 29.0 Å². The maximum Gasteiger partial charge on any atom is 0.255 e. The smallest absolute Gasteiger partial charge is 0.255 e. The fourth-order valence-corrected chi connectivity index (χ4v) is 5.80. The predicted molar refractivity (Wildman–Crippen MR) is 105 cm³/mol. The Balaban J connectivity index is 1.85. The van der Waals surface area contributed by atoms with Crippen molar-refractivity contribution >= 4 is 47.0 Å². The Kier molecular flexibility index (Phi) is 4.02. The monoisotopic (exact) mass is 432 g/mol. The molecule has 2 aromatic carbocycles. The lowest BCUT2D eigenvalue weighted by molar-refractivity contribution is -0.137. The highest BCUT2D eigenvalue weighted by Crippen LogP contribution is 2.61. The highest BCUT2D eigenvalue weighted by molar-refractivity contribution is 6.31. The first-order valence-corrected chi connectivity index (χ1v) is 9.98. The van der Waals surface area contributed by atoms with Gasteiger partial charge in [0.2, 0.25) is 6.41 Å². The molecule has 1 spiro atoms. The minimum atomic E-state index is -1.54. The number of hydrogen-bond donors (Lipinski definition) is 1. The molecule has 4 atom stereocenters. The van der Waals surface area contributed by atoms with Crippen molar-refractivity contribution in [2.75, 3.05) is 5.32 Å². The van der Waals surface area contributed by atoms with E-state index in [-0.39, 0.29) is 22.8 Å². The van der Waals surface area contributed by atoms with Gasteiger partial charge in [0.25, 0.3) is 5.91 Å².